The van der Waals surface area contributed by atoms with Crippen molar-refractivity contribution in [3.05, 3.63) is 59.4 Å². The van der Waals surface area contributed by atoms with Gasteiger partial charge < -0.3 is 9.47 Å². The summed E-state index contributed by atoms with van der Waals surface area (Å²) < 4.78 is 50.5. The molecule has 6 nitrogen and oxygen atoms in total. The summed E-state index contributed by atoms with van der Waals surface area (Å²) >= 11 is 0. The molecule has 1 saturated heterocycles. The molecule has 0 N–H and O–H groups in total. The summed E-state index contributed by atoms with van der Waals surface area (Å²) in [7, 11) is -2.14. The lowest BCUT2D eigenvalue weighted by atomic mass is 9.98. The lowest BCUT2D eigenvalue weighted by Crippen LogP contribution is -2.40. The molecule has 2 aromatic carbocycles. The highest BCUT2D eigenvalue weighted by Gasteiger charge is 2.32. The number of ether oxygens (including phenoxy) is 2. The van der Waals surface area contributed by atoms with E-state index < -0.39 is 15.8 Å². The van der Waals surface area contributed by atoms with Crippen LogP contribution in [-0.4, -0.2) is 38.9 Å². The zero-order chi connectivity index (χ0) is 21.0. The molecule has 0 unspecified atom stereocenters. The van der Waals surface area contributed by atoms with Gasteiger partial charge in [-0.25, -0.2) is 12.8 Å². The van der Waals surface area contributed by atoms with Gasteiger partial charge in [0.15, 0.2) is 0 Å². The Kier molecular flexibility index (Phi) is 6.54. The number of methoxy groups -OCH3 is 1. The molecule has 3 rings (SSSR count). The highest BCUT2D eigenvalue weighted by molar-refractivity contribution is 7.89. The number of halogens is 1. The third kappa shape index (κ3) is 4.94. The van der Waals surface area contributed by atoms with Gasteiger partial charge in [0.25, 0.3) is 0 Å². The van der Waals surface area contributed by atoms with E-state index in [4.69, 9.17) is 9.47 Å². The van der Waals surface area contributed by atoms with Crippen LogP contribution in [0.4, 0.5) is 4.39 Å². The van der Waals surface area contributed by atoms with Crippen molar-refractivity contribution in [2.45, 2.75) is 31.3 Å². The summed E-state index contributed by atoms with van der Waals surface area (Å²) in [6, 6.07) is 10.4. The molecule has 8 heteroatoms. The molecule has 1 heterocycles. The molecule has 0 aromatic heterocycles. The zero-order valence-corrected chi connectivity index (χ0v) is 17.2. The first-order valence-electron chi connectivity index (χ1n) is 9.37. The molecule has 0 atom stereocenters. The Labute approximate surface area is 170 Å². The summed E-state index contributed by atoms with van der Waals surface area (Å²) in [5.41, 5.74) is 1.83. The number of rotatable bonds is 6. The van der Waals surface area contributed by atoms with Gasteiger partial charge in [-0.1, -0.05) is 11.6 Å². The van der Waals surface area contributed by atoms with Gasteiger partial charge in [-0.05, 0) is 56.2 Å². The monoisotopic (exact) mass is 421 g/mol. The van der Waals surface area contributed by atoms with Crippen molar-refractivity contribution < 1.29 is 27.1 Å². The van der Waals surface area contributed by atoms with Gasteiger partial charge in [0.05, 0.1) is 17.9 Å². The van der Waals surface area contributed by atoms with Gasteiger partial charge in [-0.2, -0.15) is 4.31 Å². The second-order valence-electron chi connectivity index (χ2n) is 7.06. The van der Waals surface area contributed by atoms with Gasteiger partial charge in [0, 0.05) is 18.7 Å². The molecule has 29 heavy (non-hydrogen) atoms. The van der Waals surface area contributed by atoms with Gasteiger partial charge in [-0.15, -0.1) is 0 Å². The Morgan fingerprint density at radius 3 is 2.41 bits per heavy atom. The van der Waals surface area contributed by atoms with E-state index in [0.717, 1.165) is 23.3 Å². The first kappa shape index (κ1) is 21.3. The molecular weight excluding hydrogens is 397 g/mol. The summed E-state index contributed by atoms with van der Waals surface area (Å²) in [5.74, 6) is -0.530. The number of hydrogen-bond donors (Lipinski definition) is 0. The lowest BCUT2D eigenvalue weighted by Gasteiger charge is -2.30. The summed E-state index contributed by atoms with van der Waals surface area (Å²) in [4.78, 5) is 12.5. The number of esters is 1. The van der Waals surface area contributed by atoms with Crippen LogP contribution < -0.4 is 4.74 Å². The van der Waals surface area contributed by atoms with E-state index in [2.05, 4.69) is 0 Å². The van der Waals surface area contributed by atoms with Crippen LogP contribution in [0, 0.1) is 18.7 Å². The number of carbonyl (C=O) groups excluding carboxylic acids is 1. The number of carbonyl (C=O) groups is 1. The molecule has 0 saturated carbocycles. The third-order valence-electron chi connectivity index (χ3n) is 5.04. The van der Waals surface area contributed by atoms with Gasteiger partial charge in [-0.3, -0.25) is 4.79 Å². The van der Waals surface area contributed by atoms with Crippen molar-refractivity contribution in [2.75, 3.05) is 20.2 Å². The molecule has 1 fully saturated rings. The molecule has 1 aliphatic heterocycles. The molecule has 0 spiro atoms. The van der Waals surface area contributed by atoms with Crippen LogP contribution in [0.1, 0.15) is 24.0 Å². The van der Waals surface area contributed by atoms with E-state index in [9.17, 15) is 17.6 Å². The van der Waals surface area contributed by atoms with Gasteiger partial charge >= 0.3 is 5.97 Å². The van der Waals surface area contributed by atoms with Crippen LogP contribution in [-0.2, 0) is 26.2 Å². The molecule has 0 aliphatic carbocycles. The molecule has 2 aromatic rings. The minimum Gasteiger partial charge on any atom is -0.496 e. The van der Waals surface area contributed by atoms with E-state index >= 15 is 0 Å². The van der Waals surface area contributed by atoms with Crippen LogP contribution in [0.25, 0.3) is 0 Å². The number of hydrogen-bond acceptors (Lipinski definition) is 5. The molecule has 156 valence electrons. The molecule has 0 amide bonds. The number of piperidine rings is 1. The van der Waals surface area contributed by atoms with Crippen molar-refractivity contribution in [1.82, 2.24) is 4.31 Å². The summed E-state index contributed by atoms with van der Waals surface area (Å²) in [5, 5.41) is 0. The highest BCUT2D eigenvalue weighted by atomic mass is 32.2. The van der Waals surface area contributed by atoms with Crippen molar-refractivity contribution in [1.29, 1.82) is 0 Å². The fraction of sp³-hybridized carbons (Fsp3) is 0.381. The Morgan fingerprint density at radius 2 is 1.79 bits per heavy atom. The lowest BCUT2D eigenvalue weighted by molar-refractivity contribution is -0.151. The summed E-state index contributed by atoms with van der Waals surface area (Å²) in [6.07, 6.45) is 0.758. The SMILES string of the molecule is COc1ccc(C)cc1COC(=O)C1CCN(S(=O)(=O)c2ccc(F)cc2)CC1. The maximum absolute atomic E-state index is 13.1. The standard InChI is InChI=1S/C21H24FNO5S/c1-15-3-8-20(27-2)17(13-15)14-28-21(24)16-9-11-23(12-10-16)29(25,26)19-6-4-18(22)5-7-19/h3-8,13,16H,9-12,14H2,1-2H3. The zero-order valence-electron chi connectivity index (χ0n) is 16.4. The van der Waals surface area contributed by atoms with Crippen LogP contribution in [0.15, 0.2) is 47.4 Å². The maximum atomic E-state index is 13.1. The highest BCUT2D eigenvalue weighted by Crippen LogP contribution is 2.26. The second kappa shape index (κ2) is 8.92. The number of nitrogens with zero attached hydrogens (tertiary/aromatic N) is 1. The minimum absolute atomic E-state index is 0.0477. The van der Waals surface area contributed by atoms with E-state index in [1.54, 1.807) is 7.11 Å². The Hall–Kier alpha value is -2.45. The average molecular weight is 421 g/mol. The van der Waals surface area contributed by atoms with E-state index in [-0.39, 0.29) is 36.5 Å². The quantitative estimate of drug-likeness (QED) is 0.670. The molecule has 0 bridgehead atoms. The van der Waals surface area contributed by atoms with Crippen LogP contribution in [0.2, 0.25) is 0 Å². The van der Waals surface area contributed by atoms with Crippen LogP contribution in [0.3, 0.4) is 0 Å². The average Bonchev–Trinajstić information content (AvgIpc) is 2.72. The van der Waals surface area contributed by atoms with Crippen molar-refractivity contribution in [3.63, 3.8) is 0 Å². The fourth-order valence-electron chi connectivity index (χ4n) is 3.37. The molecule has 1 aliphatic rings. The number of sulfonamides is 1. The van der Waals surface area contributed by atoms with E-state index in [0.29, 0.717) is 18.6 Å². The van der Waals surface area contributed by atoms with E-state index in [1.165, 1.54) is 16.4 Å². The predicted octanol–water partition coefficient (Wildman–Crippen LogP) is 3.29. The van der Waals surface area contributed by atoms with Crippen LogP contribution >= 0.6 is 0 Å². The topological polar surface area (TPSA) is 72.9 Å². The Balaban J connectivity index is 1.57. The van der Waals surface area contributed by atoms with Gasteiger partial charge in [0.2, 0.25) is 10.0 Å². The first-order chi connectivity index (χ1) is 13.8. The van der Waals surface area contributed by atoms with Crippen molar-refractivity contribution in [3.8, 4) is 5.75 Å². The maximum Gasteiger partial charge on any atom is 0.309 e. The molecular formula is C21H24FNO5S. The van der Waals surface area contributed by atoms with Crippen molar-refractivity contribution >= 4 is 16.0 Å². The Bertz CT molecular complexity index is 967. The van der Waals surface area contributed by atoms with Crippen LogP contribution in [0.5, 0.6) is 5.75 Å². The van der Waals surface area contributed by atoms with Crippen molar-refractivity contribution in [2.24, 2.45) is 5.92 Å². The third-order valence-corrected chi connectivity index (χ3v) is 6.96. The predicted molar refractivity (Wildman–Crippen MR) is 105 cm³/mol. The fourth-order valence-corrected chi connectivity index (χ4v) is 4.84. The number of benzene rings is 2. The largest absolute Gasteiger partial charge is 0.496 e. The Morgan fingerprint density at radius 1 is 1.14 bits per heavy atom. The second-order valence-corrected chi connectivity index (χ2v) is 8.99. The normalized spacial score (nSPS) is 15.8. The summed E-state index contributed by atoms with van der Waals surface area (Å²) in [6.45, 7) is 2.49. The smallest absolute Gasteiger partial charge is 0.309 e. The molecule has 0 radical (unpaired) electrons. The first-order valence-corrected chi connectivity index (χ1v) is 10.8. The minimum atomic E-state index is -3.70. The van der Waals surface area contributed by atoms with Gasteiger partial charge in [0.1, 0.15) is 18.2 Å². The number of aryl methyl sites for hydroxylation is 1. The van der Waals surface area contributed by atoms with E-state index in [1.807, 2.05) is 25.1 Å².